The zero-order valence-corrected chi connectivity index (χ0v) is 17.9. The predicted octanol–water partition coefficient (Wildman–Crippen LogP) is 3.19. The van der Waals surface area contributed by atoms with Crippen molar-refractivity contribution < 1.29 is 19.3 Å². The fourth-order valence-electron chi connectivity index (χ4n) is 3.40. The monoisotopic (exact) mass is 390 g/mol. The molecule has 0 aliphatic carbocycles. The lowest BCUT2D eigenvalue weighted by atomic mass is 9.87. The summed E-state index contributed by atoms with van der Waals surface area (Å²) in [4.78, 5) is 0. The Hall–Kier alpha value is -1.34. The van der Waals surface area contributed by atoms with Crippen molar-refractivity contribution >= 4 is 8.07 Å². The molecule has 0 aromatic rings. The van der Waals surface area contributed by atoms with Gasteiger partial charge in [-0.2, -0.15) is 0 Å². The van der Waals surface area contributed by atoms with Gasteiger partial charge in [0.1, 0.15) is 26.4 Å². The molecule has 5 heteroatoms. The minimum atomic E-state index is -1.65. The Morgan fingerprint density at radius 2 is 1.63 bits per heavy atom. The standard InChI is InChI=1S/C22H34O4Si/c1-7-14-24-21-18(13-16-27(10-4,11-5)12-6)20(17-23)26-19(9-3)22(21)25-15-8-2/h3,7-8,18-23H,1-2,10-12,14-15,17H2,4-6H3/t18-,19-,20-,21+,22+/m1/s1. The van der Waals surface area contributed by atoms with E-state index >= 15 is 0 Å². The van der Waals surface area contributed by atoms with Crippen LogP contribution in [0, 0.1) is 29.7 Å². The third-order valence-corrected chi connectivity index (χ3v) is 10.1. The molecule has 0 saturated carbocycles. The van der Waals surface area contributed by atoms with Crippen LogP contribution in [-0.2, 0) is 14.2 Å². The molecule has 1 fully saturated rings. The third-order valence-electron chi connectivity index (χ3n) is 5.39. The van der Waals surface area contributed by atoms with Crippen LogP contribution in [0.1, 0.15) is 20.8 Å². The summed E-state index contributed by atoms with van der Waals surface area (Å²) >= 11 is 0. The minimum Gasteiger partial charge on any atom is -0.394 e. The fraction of sp³-hybridized carbons (Fsp3) is 0.636. The molecule has 1 rings (SSSR count). The Morgan fingerprint density at radius 1 is 1.07 bits per heavy atom. The first-order valence-corrected chi connectivity index (χ1v) is 12.4. The molecule has 1 heterocycles. The summed E-state index contributed by atoms with van der Waals surface area (Å²) in [5.41, 5.74) is 3.60. The van der Waals surface area contributed by atoms with Gasteiger partial charge in [0.05, 0.1) is 31.8 Å². The summed E-state index contributed by atoms with van der Waals surface area (Å²) in [6, 6.07) is 3.31. The maximum Gasteiger partial charge on any atom is 0.147 e. The van der Waals surface area contributed by atoms with E-state index in [4.69, 9.17) is 20.6 Å². The minimum absolute atomic E-state index is 0.168. The number of aliphatic hydroxyl groups is 1. The van der Waals surface area contributed by atoms with E-state index in [-0.39, 0.29) is 12.5 Å². The summed E-state index contributed by atoms with van der Waals surface area (Å²) in [6.07, 6.45) is 7.02. The Kier molecular flexibility index (Phi) is 10.7. The van der Waals surface area contributed by atoms with Gasteiger partial charge in [0.15, 0.2) is 0 Å². The van der Waals surface area contributed by atoms with Gasteiger partial charge in [0.25, 0.3) is 0 Å². The molecule has 4 nitrogen and oxygen atoms in total. The summed E-state index contributed by atoms with van der Waals surface area (Å²) < 4.78 is 17.9. The Balaban J connectivity index is 3.30. The molecule has 1 aliphatic rings. The largest absolute Gasteiger partial charge is 0.394 e. The smallest absolute Gasteiger partial charge is 0.147 e. The average Bonchev–Trinajstić information content (AvgIpc) is 2.71. The summed E-state index contributed by atoms with van der Waals surface area (Å²) in [5.74, 6) is 5.73. The van der Waals surface area contributed by atoms with E-state index in [0.717, 1.165) is 18.1 Å². The first-order valence-electron chi connectivity index (χ1n) is 9.76. The van der Waals surface area contributed by atoms with Crippen LogP contribution in [0.4, 0.5) is 0 Å². The highest BCUT2D eigenvalue weighted by atomic mass is 28.3. The number of ether oxygens (including phenoxy) is 3. The van der Waals surface area contributed by atoms with Crippen LogP contribution in [-0.4, -0.2) is 57.4 Å². The topological polar surface area (TPSA) is 47.9 Å². The normalized spacial score (nSPS) is 27.9. The first kappa shape index (κ1) is 23.7. The molecule has 0 radical (unpaired) electrons. The van der Waals surface area contributed by atoms with Gasteiger partial charge in [-0.15, -0.1) is 31.0 Å². The molecule has 0 bridgehead atoms. The lowest BCUT2D eigenvalue weighted by Gasteiger charge is -2.42. The number of aliphatic hydroxyl groups excluding tert-OH is 1. The molecule has 150 valence electrons. The molecule has 5 atom stereocenters. The van der Waals surface area contributed by atoms with Gasteiger partial charge in [0, 0.05) is 0 Å². The van der Waals surface area contributed by atoms with Crippen molar-refractivity contribution in [3.63, 3.8) is 0 Å². The van der Waals surface area contributed by atoms with Crippen molar-refractivity contribution in [3.8, 4) is 23.8 Å². The molecule has 27 heavy (non-hydrogen) atoms. The van der Waals surface area contributed by atoms with E-state index in [1.165, 1.54) is 0 Å². The second kappa shape index (κ2) is 12.2. The number of hydrogen-bond acceptors (Lipinski definition) is 4. The predicted molar refractivity (Wildman–Crippen MR) is 113 cm³/mol. The SMILES string of the molecule is C#C[C@H]1O[C@H](CO)[C@@H](C#C[Si](CC)(CC)CC)[C@H](OCC=C)[C@H]1OCC=C. The van der Waals surface area contributed by atoms with Gasteiger partial charge in [0.2, 0.25) is 0 Å². The van der Waals surface area contributed by atoms with Crippen LogP contribution in [0.15, 0.2) is 25.3 Å². The van der Waals surface area contributed by atoms with Gasteiger partial charge >= 0.3 is 0 Å². The van der Waals surface area contributed by atoms with E-state index < -0.39 is 32.5 Å². The molecule has 0 aromatic carbocycles. The van der Waals surface area contributed by atoms with Crippen molar-refractivity contribution in [1.29, 1.82) is 0 Å². The van der Waals surface area contributed by atoms with Crippen LogP contribution in [0.5, 0.6) is 0 Å². The van der Waals surface area contributed by atoms with Crippen molar-refractivity contribution in [2.45, 2.75) is 63.3 Å². The number of terminal acetylenes is 1. The quantitative estimate of drug-likeness (QED) is 0.354. The van der Waals surface area contributed by atoms with E-state index in [1.807, 2.05) is 0 Å². The van der Waals surface area contributed by atoms with Gasteiger partial charge < -0.3 is 19.3 Å². The van der Waals surface area contributed by atoms with Crippen molar-refractivity contribution in [2.24, 2.45) is 5.92 Å². The van der Waals surface area contributed by atoms with Crippen molar-refractivity contribution in [1.82, 2.24) is 0 Å². The molecule has 0 aromatic heterocycles. The summed E-state index contributed by atoms with van der Waals surface area (Å²) in [6.45, 7) is 14.6. The van der Waals surface area contributed by atoms with Crippen LogP contribution in [0.2, 0.25) is 18.1 Å². The Bertz CT molecular complexity index is 559. The summed E-state index contributed by atoms with van der Waals surface area (Å²) in [5, 5.41) is 9.90. The van der Waals surface area contributed by atoms with Crippen molar-refractivity contribution in [2.75, 3.05) is 19.8 Å². The zero-order chi connectivity index (χ0) is 20.3. The third kappa shape index (κ3) is 6.07. The maximum absolute atomic E-state index is 9.90. The van der Waals surface area contributed by atoms with Crippen LogP contribution >= 0.6 is 0 Å². The van der Waals surface area contributed by atoms with E-state index in [1.54, 1.807) is 12.2 Å². The second-order valence-corrected chi connectivity index (χ2v) is 11.7. The highest BCUT2D eigenvalue weighted by Crippen LogP contribution is 2.31. The highest BCUT2D eigenvalue weighted by Gasteiger charge is 2.46. The number of rotatable bonds is 10. The Morgan fingerprint density at radius 3 is 2.07 bits per heavy atom. The average molecular weight is 391 g/mol. The molecule has 1 saturated heterocycles. The molecular weight excluding hydrogens is 356 g/mol. The van der Waals surface area contributed by atoms with E-state index in [9.17, 15) is 5.11 Å². The summed E-state index contributed by atoms with van der Waals surface area (Å²) in [7, 11) is -1.65. The number of hydrogen-bond donors (Lipinski definition) is 1. The highest BCUT2D eigenvalue weighted by molar-refractivity contribution is 6.87. The van der Waals surface area contributed by atoms with Crippen LogP contribution < -0.4 is 0 Å². The molecular formula is C22H34O4Si. The lowest BCUT2D eigenvalue weighted by molar-refractivity contribution is -0.203. The fourth-order valence-corrected chi connectivity index (χ4v) is 5.90. The second-order valence-electron chi connectivity index (χ2n) is 6.75. The molecule has 0 amide bonds. The lowest BCUT2D eigenvalue weighted by Crippen LogP contribution is -2.56. The molecule has 1 N–H and O–H groups in total. The van der Waals surface area contributed by atoms with Crippen LogP contribution in [0.3, 0.4) is 0 Å². The molecule has 1 aliphatic heterocycles. The van der Waals surface area contributed by atoms with Crippen molar-refractivity contribution in [3.05, 3.63) is 25.3 Å². The van der Waals surface area contributed by atoms with Gasteiger partial charge in [-0.3, -0.25) is 0 Å². The Labute approximate surface area is 166 Å². The van der Waals surface area contributed by atoms with E-state index in [0.29, 0.717) is 13.2 Å². The first-order chi connectivity index (χ1) is 13.1. The maximum atomic E-state index is 9.90. The van der Waals surface area contributed by atoms with Gasteiger partial charge in [-0.05, 0) is 18.1 Å². The van der Waals surface area contributed by atoms with Crippen LogP contribution in [0.25, 0.3) is 0 Å². The van der Waals surface area contributed by atoms with Gasteiger partial charge in [-0.1, -0.05) is 38.8 Å². The molecule has 0 spiro atoms. The van der Waals surface area contributed by atoms with Gasteiger partial charge in [-0.25, -0.2) is 0 Å². The zero-order valence-electron chi connectivity index (χ0n) is 16.9. The van der Waals surface area contributed by atoms with E-state index in [2.05, 4.69) is 51.3 Å². The molecule has 0 unspecified atom stereocenters.